The molecule has 7 heteroatoms. The van der Waals surface area contributed by atoms with Gasteiger partial charge in [-0.3, -0.25) is 4.79 Å². The Morgan fingerprint density at radius 1 is 0.923 bits per heavy atom. The zero-order valence-electron chi connectivity index (χ0n) is 7.49. The van der Waals surface area contributed by atoms with Crippen LogP contribution in [-0.2, 0) is 14.4 Å². The third-order valence-electron chi connectivity index (χ3n) is 0. The molecular weight excluding hydrogens is 375 g/mol. The molecule has 0 aromatic rings. The Morgan fingerprint density at radius 3 is 0.923 bits per heavy atom. The van der Waals surface area contributed by atoms with E-state index in [-0.39, 0.29) is 27.3 Å². The number of aliphatic carboxylic acids is 3. The van der Waals surface area contributed by atoms with Crippen molar-refractivity contribution in [2.45, 2.75) is 20.8 Å². The number of hydrogen-bond donors (Lipinski definition) is 1. The van der Waals surface area contributed by atoms with Crippen molar-refractivity contribution < 1.29 is 29.7 Å². The van der Waals surface area contributed by atoms with Crippen molar-refractivity contribution in [1.29, 1.82) is 0 Å². The van der Waals surface area contributed by atoms with Gasteiger partial charge in [0.25, 0.3) is 5.97 Å². The molecule has 0 fully saturated rings. The third kappa shape index (κ3) is 2210. The van der Waals surface area contributed by atoms with Crippen LogP contribution in [0.2, 0.25) is 0 Å². The van der Waals surface area contributed by atoms with Crippen LogP contribution in [-0.4, -0.2) is 50.3 Å². The van der Waals surface area contributed by atoms with Gasteiger partial charge in [-0.15, -0.1) is 0 Å². The van der Waals surface area contributed by atoms with E-state index >= 15 is 0 Å². The van der Waals surface area contributed by atoms with E-state index in [2.05, 4.69) is 0 Å². The van der Waals surface area contributed by atoms with Gasteiger partial charge >= 0.3 is 27.3 Å². The zero-order chi connectivity index (χ0) is 10.7. The topological polar surface area (TPSA) is 118 Å². The van der Waals surface area contributed by atoms with E-state index in [1.165, 1.54) is 0 Å². The fourth-order valence-corrected chi connectivity index (χ4v) is 0. The Hall–Kier alpha value is -0.668. The molecule has 0 atom stereocenters. The molecule has 0 heterocycles. The summed E-state index contributed by atoms with van der Waals surface area (Å²) in [5, 5.41) is 25.2. The first-order chi connectivity index (χ1) is 5.20. The van der Waals surface area contributed by atoms with Gasteiger partial charge in [0, 0.05) is 18.9 Å². The maximum absolute atomic E-state index is 9.00. The van der Waals surface area contributed by atoms with Gasteiger partial charge in [-0.05, 0) is 13.8 Å². The van der Waals surface area contributed by atoms with E-state index in [1.807, 2.05) is 0 Å². The molecule has 0 aromatic heterocycles. The summed E-state index contributed by atoms with van der Waals surface area (Å²) in [6.45, 7) is 3.03. The molecule has 0 spiro atoms. The van der Waals surface area contributed by atoms with Gasteiger partial charge < -0.3 is 24.9 Å². The van der Waals surface area contributed by atoms with Gasteiger partial charge in [0.05, 0.1) is 0 Å². The van der Waals surface area contributed by atoms with Crippen LogP contribution >= 0.6 is 0 Å². The number of rotatable bonds is 0. The van der Waals surface area contributed by atoms with Crippen molar-refractivity contribution >= 4 is 45.2 Å². The van der Waals surface area contributed by atoms with Crippen LogP contribution in [0.4, 0.5) is 0 Å². The van der Waals surface area contributed by atoms with Gasteiger partial charge in [0.2, 0.25) is 0 Å². The molecule has 0 saturated carbocycles. The van der Waals surface area contributed by atoms with E-state index in [0.29, 0.717) is 0 Å². The van der Waals surface area contributed by atoms with Gasteiger partial charge in [-0.2, -0.15) is 0 Å². The van der Waals surface area contributed by atoms with Crippen LogP contribution in [0, 0.1) is 0 Å². The Balaban J connectivity index is -0.0000000450. The van der Waals surface area contributed by atoms with Crippen molar-refractivity contribution in [1.82, 2.24) is 0 Å². The quantitative estimate of drug-likeness (QED) is 0.451. The number of carbonyl (C=O) groups excluding carboxylic acids is 2. The number of carbonyl (C=O) groups is 3. The monoisotopic (exact) mass is 386 g/mol. The molecule has 0 aliphatic rings. The summed E-state index contributed by atoms with van der Waals surface area (Å²) in [6.07, 6.45) is 0. The first-order valence-corrected chi connectivity index (χ1v) is 2.74. The smallest absolute Gasteiger partial charge is 0.550 e. The minimum absolute atomic E-state index is 0. The first-order valence-electron chi connectivity index (χ1n) is 2.74. The predicted molar refractivity (Wildman–Crippen MR) is 40.4 cm³/mol. The van der Waals surface area contributed by atoms with Crippen molar-refractivity contribution in [2.75, 3.05) is 0 Å². The normalized spacial score (nSPS) is 5.77. The molecule has 0 saturated heterocycles. The van der Waals surface area contributed by atoms with Crippen molar-refractivity contribution in [3.8, 4) is 0 Å². The molecule has 0 bridgehead atoms. The summed E-state index contributed by atoms with van der Waals surface area (Å²) in [4.78, 5) is 26.8. The minimum Gasteiger partial charge on any atom is -0.550 e. The van der Waals surface area contributed by atoms with Crippen LogP contribution in [0.3, 0.4) is 0 Å². The van der Waals surface area contributed by atoms with Crippen LogP contribution in [0.5, 0.6) is 0 Å². The number of carboxylic acids is 3. The molecule has 0 aliphatic heterocycles. The number of carboxylic acid groups (broad SMARTS) is 3. The Labute approximate surface area is 95.7 Å². The fraction of sp³-hybridized carbons (Fsp3) is 0.500. The predicted octanol–water partition coefficient (Wildman–Crippen LogP) is -2.78. The van der Waals surface area contributed by atoms with Gasteiger partial charge in [0.1, 0.15) is 0 Å². The maximum Gasteiger partial charge on any atom is 2.00 e. The fourth-order valence-electron chi connectivity index (χ4n) is 0. The zero-order valence-corrected chi connectivity index (χ0v) is 11.4. The second-order valence-electron chi connectivity index (χ2n) is 1.50. The summed E-state index contributed by atoms with van der Waals surface area (Å²) in [5.41, 5.74) is 0. The third-order valence-corrected chi connectivity index (χ3v) is 0. The van der Waals surface area contributed by atoms with Gasteiger partial charge in [0.15, 0.2) is 0 Å². The van der Waals surface area contributed by atoms with Gasteiger partial charge in [-0.25, -0.2) is 0 Å². The minimum atomic E-state index is -1.08. The van der Waals surface area contributed by atoms with Crippen LogP contribution in [0.15, 0.2) is 0 Å². The molecule has 0 amide bonds. The molecule has 13 heavy (non-hydrogen) atoms. The molecule has 1 N–H and O–H groups in total. The van der Waals surface area contributed by atoms with Crippen molar-refractivity contribution in [3.63, 3.8) is 0 Å². The standard InChI is InChI=1S/3C2H4O2.Pb/c3*1-2(3)4;/h3*1H3,(H,3,4);/q;;;+2/p-2. The molecule has 74 valence electrons. The molecule has 0 aliphatic carbocycles. The Kier molecular flexibility index (Phi) is 30.6. The van der Waals surface area contributed by atoms with E-state index in [1.54, 1.807) is 0 Å². The van der Waals surface area contributed by atoms with Gasteiger partial charge in [-0.1, -0.05) is 0 Å². The second kappa shape index (κ2) is 17.4. The average molecular weight is 385 g/mol. The average Bonchev–Trinajstić information content (AvgIpc) is 1.54. The first kappa shape index (κ1) is 22.8. The molecule has 6 nitrogen and oxygen atoms in total. The molecule has 0 aromatic carbocycles. The van der Waals surface area contributed by atoms with Crippen LogP contribution < -0.4 is 10.2 Å². The van der Waals surface area contributed by atoms with E-state index in [4.69, 9.17) is 29.7 Å². The van der Waals surface area contributed by atoms with Crippen molar-refractivity contribution in [3.05, 3.63) is 0 Å². The van der Waals surface area contributed by atoms with E-state index in [9.17, 15) is 0 Å². The largest absolute Gasteiger partial charge is 2.00 e. The maximum atomic E-state index is 9.00. The Bertz CT molecular complexity index is 115. The molecule has 0 unspecified atom stereocenters. The van der Waals surface area contributed by atoms with Crippen molar-refractivity contribution in [2.24, 2.45) is 0 Å². The summed E-state index contributed by atoms with van der Waals surface area (Å²) < 4.78 is 0. The second-order valence-corrected chi connectivity index (χ2v) is 1.50. The van der Waals surface area contributed by atoms with E-state index < -0.39 is 17.9 Å². The summed E-state index contributed by atoms with van der Waals surface area (Å²) in [5.74, 6) is -3.00. The molecule has 2 radical (unpaired) electrons. The van der Waals surface area contributed by atoms with Crippen LogP contribution in [0.1, 0.15) is 20.8 Å². The van der Waals surface area contributed by atoms with E-state index in [0.717, 1.165) is 20.8 Å². The Morgan fingerprint density at radius 2 is 0.923 bits per heavy atom. The number of hydrogen-bond acceptors (Lipinski definition) is 5. The summed E-state index contributed by atoms with van der Waals surface area (Å²) in [7, 11) is 0. The molecule has 0 rings (SSSR count). The molecular formula is C6H10O6Pb. The SMILES string of the molecule is CC(=O)O.CC(=O)[O-].CC(=O)[O-].[Pb+2]. The summed E-state index contributed by atoms with van der Waals surface area (Å²) >= 11 is 0. The van der Waals surface area contributed by atoms with Crippen LogP contribution in [0.25, 0.3) is 0 Å². The summed E-state index contributed by atoms with van der Waals surface area (Å²) in [6, 6.07) is 0.